The van der Waals surface area contributed by atoms with Gasteiger partial charge in [-0.15, -0.1) is 0 Å². The second-order valence-corrected chi connectivity index (χ2v) is 5.62. The van der Waals surface area contributed by atoms with E-state index in [0.29, 0.717) is 31.2 Å². The number of carboxylic acid groups (broad SMARTS) is 1. The van der Waals surface area contributed by atoms with Crippen molar-refractivity contribution in [1.29, 1.82) is 0 Å². The Morgan fingerprint density at radius 1 is 1.17 bits per heavy atom. The van der Waals surface area contributed by atoms with Crippen molar-refractivity contribution >= 4 is 11.9 Å². The molecule has 0 aromatic heterocycles. The molecule has 0 aromatic carbocycles. The fourth-order valence-electron chi connectivity index (χ4n) is 2.12. The maximum Gasteiger partial charge on any atom is 0.303 e. The van der Waals surface area contributed by atoms with E-state index in [0.717, 1.165) is 12.8 Å². The first-order valence-corrected chi connectivity index (χ1v) is 6.96. The summed E-state index contributed by atoms with van der Waals surface area (Å²) in [5, 5.41) is 8.55. The molecule has 1 saturated carbocycles. The van der Waals surface area contributed by atoms with Crippen molar-refractivity contribution in [3.05, 3.63) is 0 Å². The second kappa shape index (κ2) is 6.76. The molecule has 0 spiro atoms. The van der Waals surface area contributed by atoms with Crippen LogP contribution in [0.4, 0.5) is 0 Å². The molecule has 104 valence electrons. The molecule has 18 heavy (non-hydrogen) atoms. The van der Waals surface area contributed by atoms with Crippen molar-refractivity contribution in [3.63, 3.8) is 0 Å². The van der Waals surface area contributed by atoms with Gasteiger partial charge in [-0.25, -0.2) is 0 Å². The summed E-state index contributed by atoms with van der Waals surface area (Å²) in [6, 6.07) is 0.721. The molecule has 0 bridgehead atoms. The minimum atomic E-state index is -0.781. The summed E-state index contributed by atoms with van der Waals surface area (Å²) >= 11 is 0. The van der Waals surface area contributed by atoms with Crippen LogP contribution in [-0.4, -0.2) is 34.0 Å². The van der Waals surface area contributed by atoms with Gasteiger partial charge in [-0.2, -0.15) is 0 Å². The Hall–Kier alpha value is -1.06. The van der Waals surface area contributed by atoms with Crippen LogP contribution in [0, 0.1) is 5.92 Å². The van der Waals surface area contributed by atoms with Crippen molar-refractivity contribution in [2.24, 2.45) is 5.92 Å². The van der Waals surface area contributed by atoms with Gasteiger partial charge in [0.05, 0.1) is 0 Å². The van der Waals surface area contributed by atoms with Crippen molar-refractivity contribution in [3.8, 4) is 0 Å². The number of carbonyl (C=O) groups is 2. The maximum absolute atomic E-state index is 12.2. The van der Waals surface area contributed by atoms with E-state index in [1.54, 1.807) is 0 Å². The molecule has 0 saturated heterocycles. The van der Waals surface area contributed by atoms with Crippen LogP contribution in [0.15, 0.2) is 0 Å². The van der Waals surface area contributed by atoms with Crippen molar-refractivity contribution < 1.29 is 14.7 Å². The fraction of sp³-hybridized carbons (Fsp3) is 0.857. The number of carboxylic acids is 1. The van der Waals surface area contributed by atoms with Gasteiger partial charge in [0.15, 0.2) is 0 Å². The highest BCUT2D eigenvalue weighted by atomic mass is 16.4. The van der Waals surface area contributed by atoms with Crippen LogP contribution in [-0.2, 0) is 9.59 Å². The van der Waals surface area contributed by atoms with Crippen LogP contribution >= 0.6 is 0 Å². The Bertz CT molecular complexity index is 297. The van der Waals surface area contributed by atoms with E-state index < -0.39 is 5.97 Å². The van der Waals surface area contributed by atoms with Gasteiger partial charge in [-0.1, -0.05) is 13.8 Å². The second-order valence-electron chi connectivity index (χ2n) is 5.62. The molecular formula is C14H25NO3. The zero-order valence-corrected chi connectivity index (χ0v) is 11.7. The number of hydrogen-bond donors (Lipinski definition) is 1. The van der Waals surface area contributed by atoms with E-state index in [4.69, 9.17) is 5.11 Å². The first-order chi connectivity index (χ1) is 8.43. The van der Waals surface area contributed by atoms with E-state index in [1.165, 1.54) is 0 Å². The molecule has 4 nitrogen and oxygen atoms in total. The van der Waals surface area contributed by atoms with Gasteiger partial charge in [0, 0.05) is 24.9 Å². The summed E-state index contributed by atoms with van der Waals surface area (Å²) in [5.74, 6) is -0.116. The molecule has 1 fully saturated rings. The molecule has 1 N–H and O–H groups in total. The Morgan fingerprint density at radius 3 is 2.17 bits per heavy atom. The molecule has 4 heteroatoms. The zero-order valence-electron chi connectivity index (χ0n) is 11.7. The molecule has 0 aromatic rings. The van der Waals surface area contributed by atoms with E-state index >= 15 is 0 Å². The monoisotopic (exact) mass is 255 g/mol. The molecule has 1 unspecified atom stereocenters. The Labute approximate surface area is 109 Å². The number of nitrogens with zero attached hydrogens (tertiary/aromatic N) is 1. The Morgan fingerprint density at radius 2 is 1.72 bits per heavy atom. The third-order valence-electron chi connectivity index (χ3n) is 3.66. The number of aliphatic carboxylic acids is 1. The molecule has 1 aliphatic rings. The van der Waals surface area contributed by atoms with Gasteiger partial charge >= 0.3 is 5.97 Å². The lowest BCUT2D eigenvalue weighted by Crippen LogP contribution is -2.43. The van der Waals surface area contributed by atoms with Gasteiger partial charge in [0.25, 0.3) is 0 Å². The smallest absolute Gasteiger partial charge is 0.303 e. The molecule has 1 rings (SSSR count). The quantitative estimate of drug-likeness (QED) is 0.678. The summed E-state index contributed by atoms with van der Waals surface area (Å²) in [6.07, 6.45) is 4.17. The van der Waals surface area contributed by atoms with E-state index in [2.05, 4.69) is 20.8 Å². The number of rotatable bonds is 8. The molecule has 1 aliphatic carbocycles. The molecule has 0 aliphatic heterocycles. The molecule has 0 radical (unpaired) electrons. The molecule has 1 atom stereocenters. The van der Waals surface area contributed by atoms with E-state index in [1.807, 2.05) is 4.90 Å². The van der Waals surface area contributed by atoms with E-state index in [9.17, 15) is 9.59 Å². The van der Waals surface area contributed by atoms with Crippen LogP contribution in [0.5, 0.6) is 0 Å². The number of hydrogen-bond acceptors (Lipinski definition) is 2. The lowest BCUT2D eigenvalue weighted by molar-refractivity contribution is -0.138. The predicted molar refractivity (Wildman–Crippen MR) is 70.3 cm³/mol. The van der Waals surface area contributed by atoms with Crippen LogP contribution in [0.25, 0.3) is 0 Å². The summed E-state index contributed by atoms with van der Waals surface area (Å²) in [7, 11) is 0. The van der Waals surface area contributed by atoms with Gasteiger partial charge in [0.1, 0.15) is 0 Å². The van der Waals surface area contributed by atoms with E-state index in [-0.39, 0.29) is 18.4 Å². The summed E-state index contributed by atoms with van der Waals surface area (Å²) < 4.78 is 0. The summed E-state index contributed by atoms with van der Waals surface area (Å²) in [6.45, 7) is 6.38. The fourth-order valence-corrected chi connectivity index (χ4v) is 2.12. The van der Waals surface area contributed by atoms with Crippen LogP contribution in [0.2, 0.25) is 0 Å². The molecule has 1 amide bonds. The number of amides is 1. The Balaban J connectivity index is 2.38. The van der Waals surface area contributed by atoms with Crippen LogP contribution in [0.3, 0.4) is 0 Å². The number of unbranched alkanes of at least 4 members (excludes halogenated alkanes) is 1. The van der Waals surface area contributed by atoms with Gasteiger partial charge in [-0.3, -0.25) is 9.59 Å². The first-order valence-electron chi connectivity index (χ1n) is 6.96. The highest BCUT2D eigenvalue weighted by Gasteiger charge is 2.36. The first kappa shape index (κ1) is 15.0. The largest absolute Gasteiger partial charge is 0.481 e. The Kier molecular flexibility index (Phi) is 5.63. The number of carbonyl (C=O) groups excluding carboxylic acids is 1. The normalized spacial score (nSPS) is 16.7. The lowest BCUT2D eigenvalue weighted by atomic mass is 10.0. The third kappa shape index (κ3) is 4.67. The molecule has 0 heterocycles. The van der Waals surface area contributed by atoms with Gasteiger partial charge in [-0.05, 0) is 38.5 Å². The maximum atomic E-state index is 12.2. The summed E-state index contributed by atoms with van der Waals surface area (Å²) in [5.41, 5.74) is 0. The van der Waals surface area contributed by atoms with Crippen LogP contribution in [0.1, 0.15) is 59.3 Å². The van der Waals surface area contributed by atoms with Crippen molar-refractivity contribution in [1.82, 2.24) is 4.90 Å². The predicted octanol–water partition coefficient (Wildman–Crippen LogP) is 2.67. The van der Waals surface area contributed by atoms with Crippen molar-refractivity contribution in [2.75, 3.05) is 0 Å². The minimum Gasteiger partial charge on any atom is -0.481 e. The average molecular weight is 255 g/mol. The standard InChI is InChI=1S/C14H25NO3/c1-10(2)11(3)15(12-8-9-12)13(16)6-4-5-7-14(17)18/h10-12H,4-9H2,1-3H3,(H,17,18). The zero-order chi connectivity index (χ0) is 13.7. The van der Waals surface area contributed by atoms with Gasteiger partial charge in [0.2, 0.25) is 5.91 Å². The highest BCUT2D eigenvalue weighted by molar-refractivity contribution is 5.77. The van der Waals surface area contributed by atoms with Gasteiger partial charge < -0.3 is 10.0 Å². The topological polar surface area (TPSA) is 57.6 Å². The highest BCUT2D eigenvalue weighted by Crippen LogP contribution is 2.31. The third-order valence-corrected chi connectivity index (χ3v) is 3.66. The average Bonchev–Trinajstić information content (AvgIpc) is 3.08. The SMILES string of the molecule is CC(C)C(C)N(C(=O)CCCCC(=O)O)C1CC1. The summed E-state index contributed by atoms with van der Waals surface area (Å²) in [4.78, 5) is 24.6. The molecular weight excluding hydrogens is 230 g/mol. The van der Waals surface area contributed by atoms with Crippen molar-refractivity contribution in [2.45, 2.75) is 71.4 Å². The minimum absolute atomic E-state index is 0.163. The lowest BCUT2D eigenvalue weighted by Gasteiger charge is -2.32. The van der Waals surface area contributed by atoms with Crippen LogP contribution < -0.4 is 0 Å².